The predicted molar refractivity (Wildman–Crippen MR) is 66.7 cm³/mol. The molecule has 0 aliphatic heterocycles. The Morgan fingerprint density at radius 2 is 1.89 bits per heavy atom. The second-order valence-electron chi connectivity index (χ2n) is 3.81. The summed E-state index contributed by atoms with van der Waals surface area (Å²) < 4.78 is 25.3. The number of carbonyl (C=O) groups is 1. The van der Waals surface area contributed by atoms with Crippen molar-refractivity contribution in [3.8, 4) is 0 Å². The summed E-state index contributed by atoms with van der Waals surface area (Å²) in [6.45, 7) is 3.28. The van der Waals surface area contributed by atoms with Gasteiger partial charge >= 0.3 is 0 Å². The van der Waals surface area contributed by atoms with Gasteiger partial charge in [-0.05, 0) is 31.5 Å². The van der Waals surface area contributed by atoms with Crippen molar-refractivity contribution in [3.63, 3.8) is 0 Å². The highest BCUT2D eigenvalue weighted by Crippen LogP contribution is 2.14. The van der Waals surface area contributed by atoms with Crippen LogP contribution in [-0.2, 0) is 10.0 Å². The van der Waals surface area contributed by atoms with Gasteiger partial charge in [0.05, 0.1) is 5.75 Å². The second-order valence-corrected chi connectivity index (χ2v) is 5.85. The molecule has 0 fully saturated rings. The van der Waals surface area contributed by atoms with Crippen molar-refractivity contribution in [2.24, 2.45) is 0 Å². The van der Waals surface area contributed by atoms with Crippen LogP contribution in [0.4, 0.5) is 0 Å². The van der Waals surface area contributed by atoms with Crippen molar-refractivity contribution >= 4 is 15.9 Å². The smallest absolute Gasteiger partial charge is 0.274 e. The zero-order valence-corrected chi connectivity index (χ0v) is 11.0. The third kappa shape index (κ3) is 3.80. The number of sulfonamides is 1. The minimum Gasteiger partial charge on any atom is -0.288 e. The molecule has 1 aromatic carbocycles. The van der Waals surface area contributed by atoms with Gasteiger partial charge in [-0.15, -0.1) is 0 Å². The summed E-state index contributed by atoms with van der Waals surface area (Å²) in [6, 6.07) is 5.91. The van der Waals surface area contributed by atoms with Gasteiger partial charge in [-0.3, -0.25) is 10.0 Å². The molecule has 1 amide bonds. The van der Waals surface area contributed by atoms with E-state index in [4.69, 9.17) is 5.21 Å². The molecule has 18 heavy (non-hydrogen) atoms. The number of benzene rings is 1. The number of hydrogen-bond donors (Lipinski definition) is 3. The van der Waals surface area contributed by atoms with Crippen molar-refractivity contribution in [2.45, 2.75) is 19.9 Å². The fraction of sp³-hybridized carbons (Fsp3) is 0.364. The van der Waals surface area contributed by atoms with Crippen LogP contribution in [0.1, 0.15) is 35.8 Å². The molecule has 1 rings (SSSR count). The number of rotatable bonds is 5. The molecule has 6 nitrogen and oxygen atoms in total. The first-order valence-electron chi connectivity index (χ1n) is 5.44. The Morgan fingerprint density at radius 3 is 2.33 bits per heavy atom. The molecule has 0 heterocycles. The maximum atomic E-state index is 11.4. The minimum atomic E-state index is -3.27. The third-order valence-electron chi connectivity index (χ3n) is 2.51. The highest BCUT2D eigenvalue weighted by atomic mass is 32.2. The molecule has 1 aromatic rings. The zero-order valence-electron chi connectivity index (χ0n) is 10.2. The molecule has 0 spiro atoms. The minimum absolute atomic E-state index is 0.0162. The lowest BCUT2D eigenvalue weighted by atomic mass is 10.1. The summed E-state index contributed by atoms with van der Waals surface area (Å²) >= 11 is 0. The maximum Gasteiger partial charge on any atom is 0.274 e. The normalized spacial score (nSPS) is 13.1. The molecular weight excluding hydrogens is 256 g/mol. The number of hydrogen-bond acceptors (Lipinski definition) is 4. The molecule has 0 aliphatic carbocycles. The van der Waals surface area contributed by atoms with E-state index in [1.54, 1.807) is 26.0 Å². The van der Waals surface area contributed by atoms with Crippen LogP contribution in [0.5, 0.6) is 0 Å². The van der Waals surface area contributed by atoms with Gasteiger partial charge in [-0.1, -0.05) is 12.1 Å². The van der Waals surface area contributed by atoms with Crippen molar-refractivity contribution in [1.29, 1.82) is 0 Å². The van der Waals surface area contributed by atoms with E-state index in [-0.39, 0.29) is 11.8 Å². The quantitative estimate of drug-likeness (QED) is 0.546. The van der Waals surface area contributed by atoms with Crippen molar-refractivity contribution in [1.82, 2.24) is 10.2 Å². The molecular formula is C11H16N2O4S. The topological polar surface area (TPSA) is 95.5 Å². The van der Waals surface area contributed by atoms with Crippen molar-refractivity contribution in [3.05, 3.63) is 35.4 Å². The van der Waals surface area contributed by atoms with Crippen molar-refractivity contribution in [2.75, 3.05) is 5.75 Å². The number of hydroxylamine groups is 1. The molecule has 0 aromatic heterocycles. The van der Waals surface area contributed by atoms with Crippen LogP contribution < -0.4 is 10.2 Å². The first-order valence-corrected chi connectivity index (χ1v) is 7.09. The average Bonchev–Trinajstić information content (AvgIpc) is 2.37. The van der Waals surface area contributed by atoms with Crippen LogP contribution in [0.25, 0.3) is 0 Å². The number of amides is 1. The van der Waals surface area contributed by atoms with Crippen molar-refractivity contribution < 1.29 is 18.4 Å². The molecule has 0 saturated carbocycles. The molecule has 3 N–H and O–H groups in total. The fourth-order valence-corrected chi connectivity index (χ4v) is 2.25. The summed E-state index contributed by atoms with van der Waals surface area (Å²) in [5.41, 5.74) is 2.56. The van der Waals surface area contributed by atoms with E-state index in [1.165, 1.54) is 17.6 Å². The number of carbonyl (C=O) groups excluding carboxylic acids is 1. The van der Waals surface area contributed by atoms with Crippen LogP contribution in [0.15, 0.2) is 24.3 Å². The average molecular weight is 272 g/mol. The second kappa shape index (κ2) is 5.94. The van der Waals surface area contributed by atoms with Crippen LogP contribution in [0.2, 0.25) is 0 Å². The van der Waals surface area contributed by atoms with Gasteiger partial charge in [0.15, 0.2) is 0 Å². The molecule has 100 valence electrons. The lowest BCUT2D eigenvalue weighted by molar-refractivity contribution is 0.0706. The van der Waals surface area contributed by atoms with Crippen LogP contribution in [0, 0.1) is 0 Å². The van der Waals surface area contributed by atoms with Crippen LogP contribution in [0.3, 0.4) is 0 Å². The van der Waals surface area contributed by atoms with Gasteiger partial charge in [0.25, 0.3) is 5.91 Å². The SMILES string of the molecule is CCS(=O)(=O)NC(C)c1ccc(C(=O)NO)cc1. The molecule has 0 radical (unpaired) electrons. The molecule has 0 bridgehead atoms. The predicted octanol–water partition coefficient (Wildman–Crippen LogP) is 0.806. The van der Waals surface area contributed by atoms with Crippen LogP contribution in [-0.4, -0.2) is 25.3 Å². The largest absolute Gasteiger partial charge is 0.288 e. The number of nitrogens with one attached hydrogen (secondary N) is 2. The van der Waals surface area contributed by atoms with E-state index in [2.05, 4.69) is 4.72 Å². The fourth-order valence-electron chi connectivity index (χ4n) is 1.41. The molecule has 0 saturated heterocycles. The Bertz CT molecular complexity index is 510. The Labute approximate surface area is 106 Å². The monoisotopic (exact) mass is 272 g/mol. The Morgan fingerprint density at radius 1 is 1.33 bits per heavy atom. The standard InChI is InChI=1S/C11H16N2O4S/c1-3-18(16,17)13-8(2)9-4-6-10(7-5-9)11(14)12-15/h4-8,13,15H,3H2,1-2H3,(H,12,14). The van der Waals surface area contributed by atoms with E-state index in [9.17, 15) is 13.2 Å². The lowest BCUT2D eigenvalue weighted by Gasteiger charge is -2.14. The van der Waals surface area contributed by atoms with E-state index >= 15 is 0 Å². The molecule has 7 heteroatoms. The Hall–Kier alpha value is -1.44. The molecule has 1 atom stereocenters. The van der Waals surface area contributed by atoms with E-state index in [0.29, 0.717) is 5.56 Å². The van der Waals surface area contributed by atoms with Crippen LogP contribution >= 0.6 is 0 Å². The van der Waals surface area contributed by atoms with Gasteiger partial charge in [0.1, 0.15) is 0 Å². The van der Waals surface area contributed by atoms with Gasteiger partial charge in [-0.2, -0.15) is 0 Å². The van der Waals surface area contributed by atoms with E-state index < -0.39 is 15.9 Å². The van der Waals surface area contributed by atoms with E-state index in [1.807, 2.05) is 0 Å². The molecule has 0 aliphatic rings. The summed E-state index contributed by atoms with van der Waals surface area (Å²) in [4.78, 5) is 11.1. The molecule has 1 unspecified atom stereocenters. The van der Waals surface area contributed by atoms with Gasteiger partial charge in [0, 0.05) is 11.6 Å². The van der Waals surface area contributed by atoms with Gasteiger partial charge in [0.2, 0.25) is 10.0 Å². The zero-order chi connectivity index (χ0) is 13.8. The first kappa shape index (κ1) is 14.6. The van der Waals surface area contributed by atoms with E-state index in [0.717, 1.165) is 5.56 Å². The van der Waals surface area contributed by atoms with Gasteiger partial charge in [-0.25, -0.2) is 18.6 Å². The Balaban J connectivity index is 2.82. The highest BCUT2D eigenvalue weighted by Gasteiger charge is 2.14. The highest BCUT2D eigenvalue weighted by molar-refractivity contribution is 7.89. The summed E-state index contributed by atoms with van der Waals surface area (Å²) in [5, 5.41) is 8.46. The summed E-state index contributed by atoms with van der Waals surface area (Å²) in [7, 11) is -3.27. The lowest BCUT2D eigenvalue weighted by Crippen LogP contribution is -2.28. The third-order valence-corrected chi connectivity index (χ3v) is 3.98. The van der Waals surface area contributed by atoms with Gasteiger partial charge < -0.3 is 0 Å². The first-order chi connectivity index (χ1) is 8.39. The summed E-state index contributed by atoms with van der Waals surface area (Å²) in [6.07, 6.45) is 0. The maximum absolute atomic E-state index is 11.4. The summed E-state index contributed by atoms with van der Waals surface area (Å²) in [5.74, 6) is -0.592. The Kier molecular flexibility index (Phi) is 4.83.